The highest BCUT2D eigenvalue weighted by Crippen LogP contribution is 2.31. The second kappa shape index (κ2) is 6.94. The van der Waals surface area contributed by atoms with Crippen LogP contribution in [-0.2, 0) is 4.74 Å². The highest BCUT2D eigenvalue weighted by Gasteiger charge is 2.27. The predicted octanol–water partition coefficient (Wildman–Crippen LogP) is 4.26. The zero-order chi connectivity index (χ0) is 12.1. The molecule has 0 radical (unpaired) electrons. The lowest BCUT2D eigenvalue weighted by Gasteiger charge is -2.04. The van der Waals surface area contributed by atoms with Crippen LogP contribution < -0.4 is 5.32 Å². The minimum atomic E-state index is -0.216. The normalized spacial score (nSPS) is 16.0. The maximum atomic E-state index is 11.4. The molecule has 1 N–H and O–H groups in total. The number of esters is 1. The van der Waals surface area contributed by atoms with Gasteiger partial charge in [-0.25, -0.2) is 4.79 Å². The van der Waals surface area contributed by atoms with E-state index in [1.54, 1.807) is 0 Å². The number of carbonyl (C=O) groups excluding carboxylic acids is 1. The van der Waals surface area contributed by atoms with Crippen molar-refractivity contribution in [3.05, 3.63) is 29.3 Å². The van der Waals surface area contributed by atoms with Crippen molar-refractivity contribution in [3.63, 3.8) is 0 Å². The van der Waals surface area contributed by atoms with Crippen LogP contribution in [0.15, 0.2) is 18.2 Å². The first-order chi connectivity index (χ1) is 7.72. The fourth-order valence-corrected chi connectivity index (χ4v) is 1.69. The molecule has 0 amide bonds. The molecule has 0 aromatic heterocycles. The first-order valence-corrected chi connectivity index (χ1v) is 5.81. The molecule has 1 heterocycles. The molecule has 1 atom stereocenters. The molecule has 0 bridgehead atoms. The van der Waals surface area contributed by atoms with E-state index in [1.165, 1.54) is 0 Å². The summed E-state index contributed by atoms with van der Waals surface area (Å²) in [5.74, 6) is -0.216. The molecular weight excluding hydrogens is 214 g/mol. The van der Waals surface area contributed by atoms with Gasteiger partial charge in [0.05, 0.1) is 5.56 Å². The zero-order valence-corrected chi connectivity index (χ0v) is 10.3. The molecule has 98 valence electrons. The minimum absolute atomic E-state index is 0. The van der Waals surface area contributed by atoms with Crippen molar-refractivity contribution in [2.24, 2.45) is 0 Å². The summed E-state index contributed by atoms with van der Waals surface area (Å²) in [4.78, 5) is 11.4. The molecule has 0 saturated carbocycles. The van der Waals surface area contributed by atoms with Gasteiger partial charge in [0.1, 0.15) is 6.10 Å². The quantitative estimate of drug-likeness (QED) is 0.784. The predicted molar refractivity (Wildman–Crippen MR) is 74.6 cm³/mol. The van der Waals surface area contributed by atoms with E-state index in [0.29, 0.717) is 5.56 Å². The zero-order valence-electron chi connectivity index (χ0n) is 10.3. The lowest BCUT2D eigenvalue weighted by molar-refractivity contribution is 0.0422. The SMILES string of the molecule is C.CC.CCNc1ccc2c(c1)C(=O)OC2C.[HH]. The number of carbonyl (C=O) groups is 1. The monoisotopic (exact) mass is 239 g/mol. The van der Waals surface area contributed by atoms with Crippen LogP contribution in [0, 0.1) is 0 Å². The minimum Gasteiger partial charge on any atom is -0.454 e. The lowest BCUT2D eigenvalue weighted by atomic mass is 10.1. The number of benzene rings is 1. The van der Waals surface area contributed by atoms with Crippen LogP contribution in [0.5, 0.6) is 0 Å². The van der Waals surface area contributed by atoms with Gasteiger partial charge >= 0.3 is 5.97 Å². The molecule has 0 fully saturated rings. The Morgan fingerprint density at radius 3 is 2.65 bits per heavy atom. The van der Waals surface area contributed by atoms with E-state index < -0.39 is 0 Å². The van der Waals surface area contributed by atoms with E-state index in [9.17, 15) is 4.79 Å². The Morgan fingerprint density at radius 1 is 1.41 bits per heavy atom. The summed E-state index contributed by atoms with van der Waals surface area (Å²) in [6.07, 6.45) is -0.104. The Balaban J connectivity index is 0. The number of fused-ring (bicyclic) bond motifs is 1. The van der Waals surface area contributed by atoms with E-state index in [1.807, 2.05) is 45.9 Å². The van der Waals surface area contributed by atoms with E-state index in [-0.39, 0.29) is 20.9 Å². The van der Waals surface area contributed by atoms with Gasteiger partial charge in [0, 0.05) is 19.2 Å². The summed E-state index contributed by atoms with van der Waals surface area (Å²) in [7, 11) is 0. The fraction of sp³-hybridized carbons (Fsp3) is 0.500. The van der Waals surface area contributed by atoms with Crippen LogP contribution in [0.25, 0.3) is 0 Å². The van der Waals surface area contributed by atoms with E-state index in [2.05, 4.69) is 5.32 Å². The van der Waals surface area contributed by atoms with Crippen molar-refractivity contribution >= 4 is 11.7 Å². The third-order valence-electron chi connectivity index (χ3n) is 2.38. The average Bonchev–Trinajstić information content (AvgIpc) is 2.58. The van der Waals surface area contributed by atoms with Crippen LogP contribution in [-0.4, -0.2) is 12.5 Å². The highest BCUT2D eigenvalue weighted by atomic mass is 16.5. The van der Waals surface area contributed by atoms with Gasteiger partial charge < -0.3 is 10.1 Å². The third kappa shape index (κ3) is 3.22. The number of hydrogen-bond acceptors (Lipinski definition) is 3. The number of anilines is 1. The molecule has 3 heteroatoms. The second-order valence-electron chi connectivity index (χ2n) is 3.38. The van der Waals surface area contributed by atoms with Gasteiger partial charge in [-0.05, 0) is 26.0 Å². The summed E-state index contributed by atoms with van der Waals surface area (Å²) in [5.41, 5.74) is 2.64. The Morgan fingerprint density at radius 2 is 2.06 bits per heavy atom. The first-order valence-electron chi connectivity index (χ1n) is 5.81. The smallest absolute Gasteiger partial charge is 0.339 e. The highest BCUT2D eigenvalue weighted by molar-refractivity contribution is 5.95. The number of hydrogen-bond donors (Lipinski definition) is 1. The molecule has 1 aromatic rings. The van der Waals surface area contributed by atoms with Crippen molar-refractivity contribution in [2.75, 3.05) is 11.9 Å². The molecule has 17 heavy (non-hydrogen) atoms. The Hall–Kier alpha value is -1.51. The number of rotatable bonds is 2. The molecule has 0 aliphatic carbocycles. The van der Waals surface area contributed by atoms with Crippen molar-refractivity contribution in [3.8, 4) is 0 Å². The maximum absolute atomic E-state index is 11.4. The first kappa shape index (κ1) is 15.5. The van der Waals surface area contributed by atoms with Gasteiger partial charge in [0.25, 0.3) is 0 Å². The van der Waals surface area contributed by atoms with Crippen molar-refractivity contribution < 1.29 is 11.0 Å². The molecule has 0 spiro atoms. The van der Waals surface area contributed by atoms with Gasteiger partial charge in [-0.2, -0.15) is 0 Å². The molecule has 1 aliphatic heterocycles. The standard InChI is InChI=1S/C11H13NO2.C2H6.CH4.H2/c1-3-12-8-4-5-9-7(2)14-11(13)10(9)6-8;1-2;;/h4-7,12H,3H2,1-2H3;1-2H3;1H4;1H. The van der Waals surface area contributed by atoms with Gasteiger partial charge in [-0.3, -0.25) is 0 Å². The summed E-state index contributed by atoms with van der Waals surface area (Å²) < 4.78 is 5.10. The number of ether oxygens (including phenoxy) is 1. The van der Waals surface area contributed by atoms with Crippen LogP contribution in [0.3, 0.4) is 0 Å². The van der Waals surface area contributed by atoms with Crippen LogP contribution in [0.1, 0.15) is 58.6 Å². The summed E-state index contributed by atoms with van der Waals surface area (Å²) in [5, 5.41) is 3.16. The maximum Gasteiger partial charge on any atom is 0.339 e. The van der Waals surface area contributed by atoms with Crippen molar-refractivity contribution in [2.45, 2.75) is 41.2 Å². The molecular formula is C14H25NO2. The van der Waals surface area contributed by atoms with E-state index >= 15 is 0 Å². The van der Waals surface area contributed by atoms with Gasteiger partial charge in [-0.15, -0.1) is 0 Å². The summed E-state index contributed by atoms with van der Waals surface area (Å²) in [6.45, 7) is 8.76. The van der Waals surface area contributed by atoms with Gasteiger partial charge in [-0.1, -0.05) is 27.3 Å². The number of cyclic esters (lactones) is 1. The van der Waals surface area contributed by atoms with Gasteiger partial charge in [0.2, 0.25) is 0 Å². The van der Waals surface area contributed by atoms with Gasteiger partial charge in [0.15, 0.2) is 0 Å². The second-order valence-corrected chi connectivity index (χ2v) is 3.38. The van der Waals surface area contributed by atoms with Crippen LogP contribution in [0.2, 0.25) is 0 Å². The summed E-state index contributed by atoms with van der Waals surface area (Å²) in [6, 6.07) is 5.77. The third-order valence-corrected chi connectivity index (χ3v) is 2.38. The Labute approximate surface area is 106 Å². The molecule has 1 unspecified atom stereocenters. The van der Waals surface area contributed by atoms with E-state index in [0.717, 1.165) is 17.8 Å². The molecule has 1 aliphatic rings. The van der Waals surface area contributed by atoms with Crippen LogP contribution >= 0.6 is 0 Å². The molecule has 2 rings (SSSR count). The van der Waals surface area contributed by atoms with E-state index in [4.69, 9.17) is 4.74 Å². The topological polar surface area (TPSA) is 38.3 Å². The van der Waals surface area contributed by atoms with Crippen molar-refractivity contribution in [1.29, 1.82) is 0 Å². The average molecular weight is 239 g/mol. The van der Waals surface area contributed by atoms with Crippen molar-refractivity contribution in [1.82, 2.24) is 0 Å². The molecule has 0 saturated heterocycles. The number of nitrogens with one attached hydrogen (secondary N) is 1. The fourth-order valence-electron chi connectivity index (χ4n) is 1.69. The Bertz CT molecular complexity index is 380. The van der Waals surface area contributed by atoms with Crippen LogP contribution in [0.4, 0.5) is 5.69 Å². The molecule has 3 nitrogen and oxygen atoms in total. The lowest BCUT2D eigenvalue weighted by Crippen LogP contribution is -1.99. The largest absolute Gasteiger partial charge is 0.454 e. The molecule has 1 aromatic carbocycles. The Kier molecular flexibility index (Phi) is 6.33. The summed E-state index contributed by atoms with van der Waals surface area (Å²) >= 11 is 0.